The van der Waals surface area contributed by atoms with E-state index in [2.05, 4.69) is 46.8 Å². The Morgan fingerprint density at radius 2 is 2.11 bits per heavy atom. The van der Waals surface area contributed by atoms with Crippen LogP contribution in [-0.2, 0) is 6.54 Å². The molecule has 100 valence electrons. The Morgan fingerprint density at radius 1 is 1.39 bits per heavy atom. The SMILES string of the molecule is CC(C)CCN(Cc1ccc(Br)cc1Cl)C1CC1. The van der Waals surface area contributed by atoms with Crippen molar-refractivity contribution in [3.05, 3.63) is 33.3 Å². The zero-order chi connectivity index (χ0) is 13.1. The maximum absolute atomic E-state index is 6.30. The van der Waals surface area contributed by atoms with E-state index in [4.69, 9.17) is 11.6 Å². The molecule has 2 rings (SSSR count). The highest BCUT2D eigenvalue weighted by molar-refractivity contribution is 9.10. The first-order valence-corrected chi connectivity index (χ1v) is 7.91. The van der Waals surface area contributed by atoms with Crippen LogP contribution in [0.5, 0.6) is 0 Å². The second-order valence-corrected chi connectivity index (χ2v) is 6.94. The van der Waals surface area contributed by atoms with E-state index in [1.807, 2.05) is 6.07 Å². The summed E-state index contributed by atoms with van der Waals surface area (Å²) in [5.74, 6) is 0.770. The molecule has 0 radical (unpaired) electrons. The summed E-state index contributed by atoms with van der Waals surface area (Å²) in [5.41, 5.74) is 1.25. The van der Waals surface area contributed by atoms with Crippen molar-refractivity contribution in [1.29, 1.82) is 0 Å². The lowest BCUT2D eigenvalue weighted by molar-refractivity contribution is 0.239. The van der Waals surface area contributed by atoms with Crippen LogP contribution in [0.15, 0.2) is 22.7 Å². The van der Waals surface area contributed by atoms with Gasteiger partial charge in [0.05, 0.1) is 0 Å². The molecule has 1 aromatic rings. The first-order valence-electron chi connectivity index (χ1n) is 6.74. The Bertz CT molecular complexity index is 401. The summed E-state index contributed by atoms with van der Waals surface area (Å²) in [4.78, 5) is 2.59. The highest BCUT2D eigenvalue weighted by Crippen LogP contribution is 2.31. The van der Waals surface area contributed by atoms with Crippen LogP contribution in [0, 0.1) is 5.92 Å². The zero-order valence-electron chi connectivity index (χ0n) is 11.1. The molecule has 18 heavy (non-hydrogen) atoms. The second kappa shape index (κ2) is 6.40. The van der Waals surface area contributed by atoms with E-state index in [1.165, 1.54) is 31.4 Å². The van der Waals surface area contributed by atoms with Crippen LogP contribution < -0.4 is 0 Å². The van der Waals surface area contributed by atoms with Gasteiger partial charge in [0.2, 0.25) is 0 Å². The van der Waals surface area contributed by atoms with Crippen LogP contribution in [-0.4, -0.2) is 17.5 Å². The van der Waals surface area contributed by atoms with Gasteiger partial charge in [-0.15, -0.1) is 0 Å². The molecular formula is C15H21BrClN. The van der Waals surface area contributed by atoms with E-state index in [1.54, 1.807) is 0 Å². The van der Waals surface area contributed by atoms with Gasteiger partial charge in [-0.3, -0.25) is 4.90 Å². The molecule has 0 aromatic heterocycles. The Balaban J connectivity index is 1.99. The zero-order valence-corrected chi connectivity index (χ0v) is 13.5. The fraction of sp³-hybridized carbons (Fsp3) is 0.600. The fourth-order valence-electron chi connectivity index (χ4n) is 2.12. The normalized spacial score (nSPS) is 15.7. The van der Waals surface area contributed by atoms with E-state index in [0.717, 1.165) is 28.0 Å². The predicted molar refractivity (Wildman–Crippen MR) is 82.0 cm³/mol. The average molecular weight is 331 g/mol. The number of hydrogen-bond donors (Lipinski definition) is 0. The third-order valence-electron chi connectivity index (χ3n) is 3.45. The van der Waals surface area contributed by atoms with Gasteiger partial charge in [-0.1, -0.05) is 47.4 Å². The lowest BCUT2D eigenvalue weighted by atomic mass is 10.1. The van der Waals surface area contributed by atoms with Crippen LogP contribution in [0.3, 0.4) is 0 Å². The monoisotopic (exact) mass is 329 g/mol. The molecule has 1 nitrogen and oxygen atoms in total. The molecule has 0 bridgehead atoms. The van der Waals surface area contributed by atoms with Gasteiger partial charge in [0.15, 0.2) is 0 Å². The molecule has 0 amide bonds. The number of benzene rings is 1. The van der Waals surface area contributed by atoms with Crippen LogP contribution in [0.1, 0.15) is 38.7 Å². The first kappa shape index (κ1) is 14.4. The first-order chi connectivity index (χ1) is 8.56. The summed E-state index contributed by atoms with van der Waals surface area (Å²) in [7, 11) is 0. The van der Waals surface area contributed by atoms with Crippen molar-refractivity contribution in [3.63, 3.8) is 0 Å². The lowest BCUT2D eigenvalue weighted by Gasteiger charge is -2.23. The molecule has 0 aliphatic heterocycles. The Kier molecular flexibility index (Phi) is 5.11. The van der Waals surface area contributed by atoms with Gasteiger partial charge in [0.25, 0.3) is 0 Å². The number of halogens is 2. The minimum absolute atomic E-state index is 0.770. The van der Waals surface area contributed by atoms with Gasteiger partial charge < -0.3 is 0 Å². The quantitative estimate of drug-likeness (QED) is 0.700. The van der Waals surface area contributed by atoms with Crippen LogP contribution in [0.25, 0.3) is 0 Å². The van der Waals surface area contributed by atoms with Gasteiger partial charge in [0, 0.05) is 22.1 Å². The fourth-order valence-corrected chi connectivity index (χ4v) is 2.86. The van der Waals surface area contributed by atoms with Crippen molar-refractivity contribution in [2.75, 3.05) is 6.54 Å². The summed E-state index contributed by atoms with van der Waals surface area (Å²) >= 11 is 9.76. The van der Waals surface area contributed by atoms with Crippen LogP contribution in [0.4, 0.5) is 0 Å². The van der Waals surface area contributed by atoms with E-state index >= 15 is 0 Å². The molecule has 0 heterocycles. The second-order valence-electron chi connectivity index (χ2n) is 5.62. The lowest BCUT2D eigenvalue weighted by Crippen LogP contribution is -2.27. The van der Waals surface area contributed by atoms with Crippen LogP contribution in [0.2, 0.25) is 5.02 Å². The molecule has 0 saturated heterocycles. The maximum Gasteiger partial charge on any atom is 0.0462 e. The van der Waals surface area contributed by atoms with Gasteiger partial charge in [-0.25, -0.2) is 0 Å². The molecule has 1 fully saturated rings. The van der Waals surface area contributed by atoms with Crippen molar-refractivity contribution < 1.29 is 0 Å². The number of nitrogens with zero attached hydrogens (tertiary/aromatic N) is 1. The van der Waals surface area contributed by atoms with Gasteiger partial charge >= 0.3 is 0 Å². The third-order valence-corrected chi connectivity index (χ3v) is 4.29. The van der Waals surface area contributed by atoms with Crippen molar-refractivity contribution in [1.82, 2.24) is 4.90 Å². The Labute approximate surface area is 124 Å². The average Bonchev–Trinajstić information content (AvgIpc) is 3.10. The number of rotatable bonds is 6. The molecule has 0 atom stereocenters. The molecule has 0 unspecified atom stereocenters. The summed E-state index contributed by atoms with van der Waals surface area (Å²) in [5, 5.41) is 0.875. The summed E-state index contributed by atoms with van der Waals surface area (Å²) in [6, 6.07) is 7.00. The highest BCUT2D eigenvalue weighted by atomic mass is 79.9. The van der Waals surface area contributed by atoms with Crippen molar-refractivity contribution in [2.45, 2.75) is 45.7 Å². The molecule has 1 aliphatic carbocycles. The topological polar surface area (TPSA) is 3.24 Å². The largest absolute Gasteiger partial charge is 0.296 e. The smallest absolute Gasteiger partial charge is 0.0462 e. The Hall–Kier alpha value is -0.0500. The van der Waals surface area contributed by atoms with Crippen molar-refractivity contribution in [2.24, 2.45) is 5.92 Å². The standard InChI is InChI=1S/C15H21BrClN/c1-11(2)7-8-18(14-5-6-14)10-12-3-4-13(16)9-15(12)17/h3-4,9,11,14H,5-8,10H2,1-2H3. The van der Waals surface area contributed by atoms with E-state index < -0.39 is 0 Å². The number of hydrogen-bond acceptors (Lipinski definition) is 1. The molecule has 3 heteroatoms. The minimum Gasteiger partial charge on any atom is -0.296 e. The summed E-state index contributed by atoms with van der Waals surface area (Å²) in [6.45, 7) is 6.76. The minimum atomic E-state index is 0.770. The highest BCUT2D eigenvalue weighted by Gasteiger charge is 2.29. The van der Waals surface area contributed by atoms with Gasteiger partial charge in [0.1, 0.15) is 0 Å². The van der Waals surface area contributed by atoms with E-state index in [9.17, 15) is 0 Å². The van der Waals surface area contributed by atoms with E-state index in [-0.39, 0.29) is 0 Å². The molecular weight excluding hydrogens is 310 g/mol. The maximum atomic E-state index is 6.30. The molecule has 1 aromatic carbocycles. The Morgan fingerprint density at radius 3 is 2.67 bits per heavy atom. The van der Waals surface area contributed by atoms with Crippen molar-refractivity contribution >= 4 is 27.5 Å². The third kappa shape index (κ3) is 4.25. The molecule has 1 aliphatic rings. The van der Waals surface area contributed by atoms with Gasteiger partial charge in [-0.2, -0.15) is 0 Å². The molecule has 0 N–H and O–H groups in total. The summed E-state index contributed by atoms with van der Waals surface area (Å²) in [6.07, 6.45) is 3.98. The van der Waals surface area contributed by atoms with E-state index in [0.29, 0.717) is 0 Å². The van der Waals surface area contributed by atoms with Gasteiger partial charge in [-0.05, 0) is 49.4 Å². The summed E-state index contributed by atoms with van der Waals surface area (Å²) < 4.78 is 1.05. The molecule has 1 saturated carbocycles. The van der Waals surface area contributed by atoms with Crippen molar-refractivity contribution in [3.8, 4) is 0 Å². The molecule has 0 spiro atoms. The van der Waals surface area contributed by atoms with Crippen LogP contribution >= 0.6 is 27.5 Å². The predicted octanol–water partition coefficient (Wildman–Crippen LogP) is 5.11.